The Morgan fingerprint density at radius 3 is 2.36 bits per heavy atom. The zero-order valence-electron chi connectivity index (χ0n) is 8.82. The van der Waals surface area contributed by atoms with Crippen LogP contribution in [0.25, 0.3) is 0 Å². The van der Waals surface area contributed by atoms with Crippen LogP contribution in [0.1, 0.15) is 13.8 Å². The lowest BCUT2D eigenvalue weighted by Gasteiger charge is -2.07. The molecule has 1 atom stereocenters. The van der Waals surface area contributed by atoms with Gasteiger partial charge in [-0.3, -0.25) is 4.79 Å². The van der Waals surface area contributed by atoms with Gasteiger partial charge in [0.2, 0.25) is 0 Å². The monoisotopic (exact) mass is 205 g/mol. The van der Waals surface area contributed by atoms with Gasteiger partial charge in [-0.05, 0) is 13.8 Å². The molecule has 0 aromatic rings. The molecule has 5 nitrogen and oxygen atoms in total. The molecule has 14 heavy (non-hydrogen) atoms. The number of carbonyl (C=O) groups excluding carboxylic acids is 1. The number of esters is 1. The van der Waals surface area contributed by atoms with Crippen molar-refractivity contribution in [3.63, 3.8) is 0 Å². The molecule has 0 spiro atoms. The summed E-state index contributed by atoms with van der Waals surface area (Å²) in [5.41, 5.74) is 5.28. The summed E-state index contributed by atoms with van der Waals surface area (Å²) in [6, 6.07) is -0.571. The summed E-state index contributed by atoms with van der Waals surface area (Å²) in [6.45, 7) is 5.89. The van der Waals surface area contributed by atoms with Gasteiger partial charge in [-0.1, -0.05) is 0 Å². The summed E-state index contributed by atoms with van der Waals surface area (Å²) in [5, 5.41) is 0. The molecule has 0 aliphatic heterocycles. The van der Waals surface area contributed by atoms with Crippen LogP contribution in [0.5, 0.6) is 0 Å². The van der Waals surface area contributed by atoms with Crippen molar-refractivity contribution in [2.75, 3.05) is 33.0 Å². The van der Waals surface area contributed by atoms with Crippen molar-refractivity contribution in [3.8, 4) is 0 Å². The lowest BCUT2D eigenvalue weighted by Crippen LogP contribution is -2.29. The molecule has 5 heteroatoms. The normalized spacial score (nSPS) is 12.5. The van der Waals surface area contributed by atoms with Crippen LogP contribution in [0.2, 0.25) is 0 Å². The van der Waals surface area contributed by atoms with Crippen molar-refractivity contribution in [3.05, 3.63) is 0 Å². The van der Waals surface area contributed by atoms with Crippen LogP contribution in [0, 0.1) is 0 Å². The Kier molecular flexibility index (Phi) is 8.51. The van der Waals surface area contributed by atoms with Gasteiger partial charge in [-0.15, -0.1) is 0 Å². The summed E-state index contributed by atoms with van der Waals surface area (Å²) < 4.78 is 14.9. The van der Waals surface area contributed by atoms with Gasteiger partial charge in [0.1, 0.15) is 12.6 Å². The second-order valence-electron chi connectivity index (χ2n) is 2.77. The molecule has 0 aromatic carbocycles. The SMILES string of the molecule is CCOCCOCCOC(=O)[C@H](C)N. The first-order chi connectivity index (χ1) is 6.68. The topological polar surface area (TPSA) is 70.8 Å². The Morgan fingerprint density at radius 1 is 1.21 bits per heavy atom. The fraction of sp³-hybridized carbons (Fsp3) is 0.889. The van der Waals surface area contributed by atoms with E-state index >= 15 is 0 Å². The van der Waals surface area contributed by atoms with E-state index in [-0.39, 0.29) is 6.61 Å². The molecule has 0 heterocycles. The van der Waals surface area contributed by atoms with Gasteiger partial charge in [0.15, 0.2) is 0 Å². The molecule has 84 valence electrons. The number of rotatable bonds is 8. The van der Waals surface area contributed by atoms with E-state index in [1.54, 1.807) is 6.92 Å². The number of carbonyl (C=O) groups is 1. The van der Waals surface area contributed by atoms with Gasteiger partial charge in [0.05, 0.1) is 19.8 Å². The third kappa shape index (κ3) is 7.97. The lowest BCUT2D eigenvalue weighted by atomic mass is 10.4. The zero-order chi connectivity index (χ0) is 10.8. The number of hydrogen-bond donors (Lipinski definition) is 1. The summed E-state index contributed by atoms with van der Waals surface area (Å²) in [5.74, 6) is -0.404. The van der Waals surface area contributed by atoms with Gasteiger partial charge in [-0.2, -0.15) is 0 Å². The van der Waals surface area contributed by atoms with Crippen molar-refractivity contribution in [1.82, 2.24) is 0 Å². The molecule has 0 aliphatic carbocycles. The summed E-state index contributed by atoms with van der Waals surface area (Å²) >= 11 is 0. The maximum Gasteiger partial charge on any atom is 0.322 e. The van der Waals surface area contributed by atoms with Crippen LogP contribution < -0.4 is 5.73 Å². The van der Waals surface area contributed by atoms with Crippen molar-refractivity contribution in [2.45, 2.75) is 19.9 Å². The smallest absolute Gasteiger partial charge is 0.322 e. The van der Waals surface area contributed by atoms with Crippen molar-refractivity contribution in [2.24, 2.45) is 5.73 Å². The van der Waals surface area contributed by atoms with Crippen LogP contribution in [-0.4, -0.2) is 45.0 Å². The summed E-state index contributed by atoms with van der Waals surface area (Å²) in [7, 11) is 0. The minimum absolute atomic E-state index is 0.243. The Bertz CT molecular complexity index is 150. The molecule has 0 amide bonds. The lowest BCUT2D eigenvalue weighted by molar-refractivity contribution is -0.146. The fourth-order valence-corrected chi connectivity index (χ4v) is 0.697. The highest BCUT2D eigenvalue weighted by molar-refractivity contribution is 5.74. The molecule has 0 radical (unpaired) electrons. The van der Waals surface area contributed by atoms with Crippen LogP contribution >= 0.6 is 0 Å². The van der Waals surface area contributed by atoms with Gasteiger partial charge < -0.3 is 19.9 Å². The first kappa shape index (κ1) is 13.4. The van der Waals surface area contributed by atoms with Crippen molar-refractivity contribution in [1.29, 1.82) is 0 Å². The van der Waals surface area contributed by atoms with Crippen LogP contribution in [0.3, 0.4) is 0 Å². The molecule has 0 aromatic heterocycles. The molecular weight excluding hydrogens is 186 g/mol. The first-order valence-corrected chi connectivity index (χ1v) is 4.76. The third-order valence-corrected chi connectivity index (χ3v) is 1.42. The Morgan fingerprint density at radius 2 is 1.79 bits per heavy atom. The van der Waals surface area contributed by atoms with Crippen LogP contribution in [0.15, 0.2) is 0 Å². The molecule has 0 rings (SSSR count). The maximum atomic E-state index is 10.9. The second-order valence-corrected chi connectivity index (χ2v) is 2.77. The number of ether oxygens (including phenoxy) is 3. The minimum Gasteiger partial charge on any atom is -0.462 e. The highest BCUT2D eigenvalue weighted by atomic mass is 16.6. The van der Waals surface area contributed by atoms with E-state index in [1.165, 1.54) is 0 Å². The Balaban J connectivity index is 3.10. The number of hydrogen-bond acceptors (Lipinski definition) is 5. The average Bonchev–Trinajstić information content (AvgIpc) is 2.16. The number of nitrogens with two attached hydrogens (primary N) is 1. The minimum atomic E-state index is -0.571. The van der Waals surface area contributed by atoms with Gasteiger partial charge in [0, 0.05) is 6.61 Å². The second kappa shape index (κ2) is 8.93. The van der Waals surface area contributed by atoms with Gasteiger partial charge in [-0.25, -0.2) is 0 Å². The highest BCUT2D eigenvalue weighted by Gasteiger charge is 2.07. The van der Waals surface area contributed by atoms with E-state index in [1.807, 2.05) is 6.92 Å². The molecule has 0 bridgehead atoms. The molecule has 2 N–H and O–H groups in total. The summed E-state index contributed by atoms with van der Waals surface area (Å²) in [4.78, 5) is 10.9. The molecule has 0 fully saturated rings. The molecular formula is C9H19NO4. The van der Waals surface area contributed by atoms with E-state index in [4.69, 9.17) is 19.9 Å². The predicted octanol–water partition coefficient (Wildman–Crippen LogP) is -0.0701. The predicted molar refractivity (Wildman–Crippen MR) is 51.9 cm³/mol. The molecule has 0 saturated heterocycles. The molecule has 0 saturated carbocycles. The maximum absolute atomic E-state index is 10.9. The van der Waals surface area contributed by atoms with Crippen LogP contribution in [0.4, 0.5) is 0 Å². The van der Waals surface area contributed by atoms with Gasteiger partial charge >= 0.3 is 5.97 Å². The Labute approximate surface area is 84.5 Å². The van der Waals surface area contributed by atoms with E-state index in [0.29, 0.717) is 26.4 Å². The standard InChI is InChI=1S/C9H19NO4/c1-3-12-4-5-13-6-7-14-9(11)8(2)10/h8H,3-7,10H2,1-2H3/t8-/m0/s1. The Hall–Kier alpha value is -0.650. The van der Waals surface area contributed by atoms with E-state index in [2.05, 4.69) is 0 Å². The molecule has 0 aliphatic rings. The highest BCUT2D eigenvalue weighted by Crippen LogP contribution is 1.85. The van der Waals surface area contributed by atoms with E-state index in [9.17, 15) is 4.79 Å². The fourth-order valence-electron chi connectivity index (χ4n) is 0.697. The molecule has 0 unspecified atom stereocenters. The van der Waals surface area contributed by atoms with Crippen molar-refractivity contribution >= 4 is 5.97 Å². The average molecular weight is 205 g/mol. The van der Waals surface area contributed by atoms with E-state index in [0.717, 1.165) is 0 Å². The van der Waals surface area contributed by atoms with Crippen molar-refractivity contribution < 1.29 is 19.0 Å². The first-order valence-electron chi connectivity index (χ1n) is 4.76. The zero-order valence-corrected chi connectivity index (χ0v) is 8.82. The quantitative estimate of drug-likeness (QED) is 0.443. The van der Waals surface area contributed by atoms with E-state index < -0.39 is 12.0 Å². The van der Waals surface area contributed by atoms with Crippen LogP contribution in [-0.2, 0) is 19.0 Å². The van der Waals surface area contributed by atoms with Gasteiger partial charge in [0.25, 0.3) is 0 Å². The summed E-state index contributed by atoms with van der Waals surface area (Å²) in [6.07, 6.45) is 0. The largest absolute Gasteiger partial charge is 0.462 e. The third-order valence-electron chi connectivity index (χ3n) is 1.42.